The molecule has 1 spiro atoms. The number of ether oxygens (including phenoxy) is 3. The molecule has 0 bridgehead atoms. The lowest BCUT2D eigenvalue weighted by molar-refractivity contribution is -0.150. The molecule has 2 aliphatic rings. The Morgan fingerprint density at radius 3 is 2.73 bits per heavy atom. The van der Waals surface area contributed by atoms with Gasteiger partial charge in [0.1, 0.15) is 30.8 Å². The van der Waals surface area contributed by atoms with Crippen LogP contribution >= 0.6 is 0 Å². The van der Waals surface area contributed by atoms with E-state index in [0.29, 0.717) is 18.8 Å². The monoisotopic (exact) mass is 418 g/mol. The molecule has 7 nitrogen and oxygen atoms in total. The van der Waals surface area contributed by atoms with Crippen LogP contribution in [0.15, 0.2) is 24.3 Å². The normalized spacial score (nSPS) is 20.3. The highest BCUT2D eigenvalue weighted by Crippen LogP contribution is 2.28. The van der Waals surface area contributed by atoms with E-state index in [2.05, 4.69) is 29.3 Å². The maximum atomic E-state index is 11.3. The molecule has 2 heterocycles. The number of hydrogen-bond acceptors (Lipinski definition) is 6. The Bertz CT molecular complexity index is 716. The summed E-state index contributed by atoms with van der Waals surface area (Å²) in [5, 5.41) is 13.4. The number of nitrogens with zero attached hydrogens (tertiary/aromatic N) is 1. The Balaban J connectivity index is 1.46. The Morgan fingerprint density at radius 2 is 2.07 bits per heavy atom. The van der Waals surface area contributed by atoms with Gasteiger partial charge in [-0.25, -0.2) is 0 Å². The van der Waals surface area contributed by atoms with Crippen LogP contribution in [-0.2, 0) is 9.53 Å². The van der Waals surface area contributed by atoms with Gasteiger partial charge >= 0.3 is 0 Å². The SMILES string of the molecule is CCC/C=C/c1cc(OC)cc(OCC(O)CN2CCC3(CC2)CNC(=O)CO3)c1. The minimum absolute atomic E-state index is 0.0443. The van der Waals surface area contributed by atoms with Crippen LogP contribution in [0.2, 0.25) is 0 Å². The number of benzene rings is 1. The molecule has 7 heteroatoms. The lowest BCUT2D eigenvalue weighted by Gasteiger charge is -2.44. The molecule has 2 fully saturated rings. The lowest BCUT2D eigenvalue weighted by atomic mass is 9.90. The summed E-state index contributed by atoms with van der Waals surface area (Å²) < 4.78 is 17.0. The minimum atomic E-state index is -0.587. The topological polar surface area (TPSA) is 80.3 Å². The van der Waals surface area contributed by atoms with Gasteiger partial charge in [0, 0.05) is 32.2 Å². The van der Waals surface area contributed by atoms with Crippen molar-refractivity contribution >= 4 is 12.0 Å². The third kappa shape index (κ3) is 6.45. The Morgan fingerprint density at radius 1 is 1.30 bits per heavy atom. The van der Waals surface area contributed by atoms with E-state index < -0.39 is 6.10 Å². The molecule has 0 radical (unpaired) electrons. The molecule has 0 aliphatic carbocycles. The quantitative estimate of drug-likeness (QED) is 0.640. The van der Waals surface area contributed by atoms with Crippen LogP contribution in [0.25, 0.3) is 6.08 Å². The van der Waals surface area contributed by atoms with Crippen LogP contribution < -0.4 is 14.8 Å². The maximum absolute atomic E-state index is 11.3. The molecule has 0 saturated carbocycles. The van der Waals surface area contributed by atoms with Crippen LogP contribution in [0, 0.1) is 0 Å². The molecule has 2 aliphatic heterocycles. The second-order valence-electron chi connectivity index (χ2n) is 8.15. The number of carbonyl (C=O) groups is 1. The summed E-state index contributed by atoms with van der Waals surface area (Å²) in [6.07, 6.45) is 7.45. The second kappa shape index (κ2) is 10.8. The van der Waals surface area contributed by atoms with Gasteiger partial charge in [0.2, 0.25) is 5.91 Å². The highest BCUT2D eigenvalue weighted by atomic mass is 16.5. The molecular formula is C23H34N2O5. The number of β-amino-alcohol motifs (C(OH)–C–C–N with tert-alkyl or cyclic N) is 1. The number of aliphatic hydroxyl groups is 1. The average Bonchev–Trinajstić information content (AvgIpc) is 2.76. The van der Waals surface area contributed by atoms with Crippen molar-refractivity contribution in [2.45, 2.75) is 44.3 Å². The van der Waals surface area contributed by atoms with Gasteiger partial charge in [-0.2, -0.15) is 0 Å². The standard InChI is InChI=1S/C23H34N2O5/c1-3-4-5-6-18-11-20(28-2)13-21(12-18)29-15-19(26)14-25-9-7-23(8-10-25)17-24-22(27)16-30-23/h5-6,11-13,19,26H,3-4,7-10,14-17H2,1-2H3,(H,24,27)/b6-5+. The second-order valence-corrected chi connectivity index (χ2v) is 8.15. The highest BCUT2D eigenvalue weighted by Gasteiger charge is 2.39. The number of piperidine rings is 1. The molecule has 0 aromatic heterocycles. The molecule has 2 saturated heterocycles. The summed E-state index contributed by atoms with van der Waals surface area (Å²) in [5.41, 5.74) is 0.780. The Hall–Kier alpha value is -2.09. The number of rotatable bonds is 9. The smallest absolute Gasteiger partial charge is 0.246 e. The van der Waals surface area contributed by atoms with Crippen molar-refractivity contribution in [2.75, 3.05) is 46.5 Å². The van der Waals surface area contributed by atoms with Gasteiger partial charge < -0.3 is 29.5 Å². The Labute approximate surface area is 179 Å². The molecule has 166 valence electrons. The number of allylic oxidation sites excluding steroid dienone is 1. The van der Waals surface area contributed by atoms with E-state index >= 15 is 0 Å². The van der Waals surface area contributed by atoms with Crippen molar-refractivity contribution < 1.29 is 24.1 Å². The van der Waals surface area contributed by atoms with Crippen molar-refractivity contribution in [3.63, 3.8) is 0 Å². The van der Waals surface area contributed by atoms with E-state index in [1.165, 1.54) is 0 Å². The number of carbonyl (C=O) groups excluding carboxylic acids is 1. The van der Waals surface area contributed by atoms with Gasteiger partial charge in [-0.3, -0.25) is 4.79 Å². The van der Waals surface area contributed by atoms with Crippen LogP contribution in [0.3, 0.4) is 0 Å². The molecule has 1 amide bonds. The fourth-order valence-corrected chi connectivity index (χ4v) is 3.87. The van der Waals surface area contributed by atoms with Crippen molar-refractivity contribution in [3.8, 4) is 11.5 Å². The van der Waals surface area contributed by atoms with Crippen LogP contribution in [0.1, 0.15) is 38.2 Å². The fraction of sp³-hybridized carbons (Fsp3) is 0.609. The number of methoxy groups -OCH3 is 1. The Kier molecular flexibility index (Phi) is 8.13. The number of amides is 1. The van der Waals surface area contributed by atoms with Gasteiger partial charge in [-0.15, -0.1) is 0 Å². The van der Waals surface area contributed by atoms with Gasteiger partial charge in [0.15, 0.2) is 0 Å². The summed E-state index contributed by atoms with van der Waals surface area (Å²) in [4.78, 5) is 13.5. The van der Waals surface area contributed by atoms with E-state index in [9.17, 15) is 9.90 Å². The van der Waals surface area contributed by atoms with Crippen LogP contribution in [-0.4, -0.2) is 74.1 Å². The summed E-state index contributed by atoms with van der Waals surface area (Å²) in [6.45, 7) is 5.31. The number of unbranched alkanes of at least 4 members (excludes halogenated alkanes) is 1. The van der Waals surface area contributed by atoms with Gasteiger partial charge in [-0.05, 0) is 37.0 Å². The van der Waals surface area contributed by atoms with Gasteiger partial charge in [0.25, 0.3) is 0 Å². The molecule has 1 aromatic carbocycles. The first-order chi connectivity index (χ1) is 14.5. The summed E-state index contributed by atoms with van der Waals surface area (Å²) in [5.74, 6) is 1.38. The number of hydrogen-bond donors (Lipinski definition) is 2. The first-order valence-corrected chi connectivity index (χ1v) is 10.8. The summed E-state index contributed by atoms with van der Waals surface area (Å²) in [7, 11) is 1.64. The van der Waals surface area contributed by atoms with E-state index in [1.54, 1.807) is 7.11 Å². The summed E-state index contributed by atoms with van der Waals surface area (Å²) in [6, 6.07) is 5.76. The first-order valence-electron chi connectivity index (χ1n) is 10.8. The van der Waals surface area contributed by atoms with Crippen molar-refractivity contribution in [1.82, 2.24) is 10.2 Å². The lowest BCUT2D eigenvalue weighted by Crippen LogP contribution is -2.58. The zero-order valence-corrected chi connectivity index (χ0v) is 18.1. The highest BCUT2D eigenvalue weighted by molar-refractivity contribution is 5.78. The van der Waals surface area contributed by atoms with Gasteiger partial charge in [-0.1, -0.05) is 25.5 Å². The van der Waals surface area contributed by atoms with Crippen molar-refractivity contribution in [1.29, 1.82) is 0 Å². The molecule has 1 unspecified atom stereocenters. The maximum Gasteiger partial charge on any atom is 0.246 e. The van der Waals surface area contributed by atoms with Crippen molar-refractivity contribution in [2.24, 2.45) is 0 Å². The van der Waals surface area contributed by atoms with Crippen molar-refractivity contribution in [3.05, 3.63) is 29.8 Å². The fourth-order valence-electron chi connectivity index (χ4n) is 3.87. The van der Waals surface area contributed by atoms with Crippen LogP contribution in [0.5, 0.6) is 11.5 Å². The number of likely N-dealkylation sites (tertiary alicyclic amines) is 1. The molecule has 30 heavy (non-hydrogen) atoms. The number of nitrogens with one attached hydrogen (secondary N) is 1. The first kappa shape index (κ1) is 22.6. The number of aliphatic hydroxyl groups excluding tert-OH is 1. The van der Waals surface area contributed by atoms with E-state index in [-0.39, 0.29) is 24.7 Å². The predicted molar refractivity (Wildman–Crippen MR) is 116 cm³/mol. The molecule has 1 aromatic rings. The van der Waals surface area contributed by atoms with E-state index in [0.717, 1.165) is 50.1 Å². The zero-order valence-electron chi connectivity index (χ0n) is 18.1. The van der Waals surface area contributed by atoms with Gasteiger partial charge in [0.05, 0.1) is 12.7 Å². The largest absolute Gasteiger partial charge is 0.497 e. The molecular weight excluding hydrogens is 384 g/mol. The third-order valence-corrected chi connectivity index (χ3v) is 5.70. The molecule has 3 rings (SSSR count). The minimum Gasteiger partial charge on any atom is -0.497 e. The number of morpholine rings is 1. The molecule has 1 atom stereocenters. The van der Waals surface area contributed by atoms with Crippen LogP contribution in [0.4, 0.5) is 0 Å². The predicted octanol–water partition coefficient (Wildman–Crippen LogP) is 2.23. The third-order valence-electron chi connectivity index (χ3n) is 5.70. The molecule has 2 N–H and O–H groups in total. The van der Waals surface area contributed by atoms with E-state index in [1.807, 2.05) is 18.2 Å². The van der Waals surface area contributed by atoms with E-state index in [4.69, 9.17) is 14.2 Å². The zero-order chi connectivity index (χ0) is 21.4. The summed E-state index contributed by atoms with van der Waals surface area (Å²) >= 11 is 0. The average molecular weight is 419 g/mol.